The molecule has 4 heteroatoms. The van der Waals surface area contributed by atoms with Crippen molar-refractivity contribution in [2.24, 2.45) is 5.73 Å². The lowest BCUT2D eigenvalue weighted by molar-refractivity contribution is 0.100. The number of ether oxygens (including phenoxy) is 1. The number of nitrogens with two attached hydrogens (primary N) is 1. The summed E-state index contributed by atoms with van der Waals surface area (Å²) < 4.78 is 5.33. The minimum atomic E-state index is -0.405. The number of nitrogens with one attached hydrogen (secondary N) is 1. The van der Waals surface area contributed by atoms with Gasteiger partial charge in [0.15, 0.2) is 0 Å². The van der Waals surface area contributed by atoms with Gasteiger partial charge in [-0.25, -0.2) is 0 Å². The van der Waals surface area contributed by atoms with Gasteiger partial charge in [-0.1, -0.05) is 6.92 Å². The standard InChI is InChI=1S/C12H18N2O2/c1-2-8-16-9-7-14-11-5-3-10(4-6-11)12(13)15/h3-6,14H,2,7-9H2,1H3,(H2,13,15). The fourth-order valence-corrected chi connectivity index (χ4v) is 1.27. The third-order valence-corrected chi connectivity index (χ3v) is 2.09. The van der Waals surface area contributed by atoms with Crippen LogP contribution >= 0.6 is 0 Å². The normalized spacial score (nSPS) is 10.1. The van der Waals surface area contributed by atoms with Crippen LogP contribution in [0.5, 0.6) is 0 Å². The summed E-state index contributed by atoms with van der Waals surface area (Å²) in [7, 11) is 0. The van der Waals surface area contributed by atoms with Crippen LogP contribution in [0.25, 0.3) is 0 Å². The lowest BCUT2D eigenvalue weighted by Gasteiger charge is -2.07. The Labute approximate surface area is 95.8 Å². The summed E-state index contributed by atoms with van der Waals surface area (Å²) in [6.45, 7) is 4.32. The molecule has 0 spiro atoms. The molecule has 0 aromatic heterocycles. The van der Waals surface area contributed by atoms with Gasteiger partial charge in [0.25, 0.3) is 0 Å². The maximum Gasteiger partial charge on any atom is 0.248 e. The quantitative estimate of drug-likeness (QED) is 0.689. The van der Waals surface area contributed by atoms with E-state index in [0.29, 0.717) is 12.2 Å². The molecule has 4 nitrogen and oxygen atoms in total. The van der Waals surface area contributed by atoms with Crippen molar-refractivity contribution in [2.45, 2.75) is 13.3 Å². The Bertz CT molecular complexity index is 322. The Morgan fingerprint density at radius 2 is 2.00 bits per heavy atom. The average Bonchev–Trinajstić information content (AvgIpc) is 2.29. The highest BCUT2D eigenvalue weighted by atomic mass is 16.5. The molecule has 0 radical (unpaired) electrons. The maximum atomic E-state index is 10.8. The fraction of sp³-hybridized carbons (Fsp3) is 0.417. The van der Waals surface area contributed by atoms with Crippen molar-refractivity contribution >= 4 is 11.6 Å². The van der Waals surface area contributed by atoms with E-state index >= 15 is 0 Å². The van der Waals surface area contributed by atoms with E-state index in [1.165, 1.54) is 0 Å². The zero-order valence-electron chi connectivity index (χ0n) is 9.53. The van der Waals surface area contributed by atoms with Crippen LogP contribution in [0.4, 0.5) is 5.69 Å². The number of amides is 1. The largest absolute Gasteiger partial charge is 0.383 e. The third-order valence-electron chi connectivity index (χ3n) is 2.09. The highest BCUT2D eigenvalue weighted by molar-refractivity contribution is 5.93. The Balaban J connectivity index is 2.29. The van der Waals surface area contributed by atoms with E-state index in [2.05, 4.69) is 12.2 Å². The van der Waals surface area contributed by atoms with Crippen molar-refractivity contribution in [3.8, 4) is 0 Å². The van der Waals surface area contributed by atoms with Crippen molar-refractivity contribution < 1.29 is 9.53 Å². The Morgan fingerprint density at radius 3 is 2.56 bits per heavy atom. The summed E-state index contributed by atoms with van der Waals surface area (Å²) in [6.07, 6.45) is 1.04. The van der Waals surface area contributed by atoms with Gasteiger partial charge in [0.05, 0.1) is 6.61 Å². The number of carbonyl (C=O) groups is 1. The van der Waals surface area contributed by atoms with Crippen molar-refractivity contribution in [3.63, 3.8) is 0 Å². The van der Waals surface area contributed by atoms with Crippen molar-refractivity contribution in [1.82, 2.24) is 0 Å². The van der Waals surface area contributed by atoms with E-state index in [0.717, 1.165) is 25.3 Å². The molecule has 0 fully saturated rings. The third kappa shape index (κ3) is 4.31. The number of benzene rings is 1. The molecule has 3 N–H and O–H groups in total. The number of hydrogen-bond acceptors (Lipinski definition) is 3. The molecule has 0 saturated heterocycles. The Morgan fingerprint density at radius 1 is 1.31 bits per heavy atom. The molecule has 1 rings (SSSR count). The van der Waals surface area contributed by atoms with Crippen molar-refractivity contribution in [3.05, 3.63) is 29.8 Å². The van der Waals surface area contributed by atoms with Gasteiger partial charge in [0.2, 0.25) is 5.91 Å². The molecule has 1 aromatic rings. The lowest BCUT2D eigenvalue weighted by atomic mass is 10.2. The summed E-state index contributed by atoms with van der Waals surface area (Å²) in [6, 6.07) is 7.08. The van der Waals surface area contributed by atoms with Gasteiger partial charge in [-0.2, -0.15) is 0 Å². The zero-order valence-corrected chi connectivity index (χ0v) is 9.53. The fourth-order valence-electron chi connectivity index (χ4n) is 1.27. The van der Waals surface area contributed by atoms with Gasteiger partial charge in [-0.15, -0.1) is 0 Å². The predicted octanol–water partition coefficient (Wildman–Crippen LogP) is 1.62. The summed E-state index contributed by atoms with van der Waals surface area (Å²) in [5.41, 5.74) is 6.62. The average molecular weight is 222 g/mol. The number of primary amides is 1. The molecule has 16 heavy (non-hydrogen) atoms. The van der Waals surface area contributed by atoms with Crippen molar-refractivity contribution in [2.75, 3.05) is 25.1 Å². The van der Waals surface area contributed by atoms with Crippen LogP contribution in [0.1, 0.15) is 23.7 Å². The van der Waals surface area contributed by atoms with Gasteiger partial charge < -0.3 is 15.8 Å². The first-order valence-electron chi connectivity index (χ1n) is 5.45. The highest BCUT2D eigenvalue weighted by Gasteiger charge is 1.98. The summed E-state index contributed by atoms with van der Waals surface area (Å²) in [4.78, 5) is 10.8. The zero-order chi connectivity index (χ0) is 11.8. The molecule has 0 unspecified atom stereocenters. The minimum Gasteiger partial charge on any atom is -0.383 e. The lowest BCUT2D eigenvalue weighted by Crippen LogP contribution is -2.12. The molecule has 0 bridgehead atoms. The van der Waals surface area contributed by atoms with Crippen LogP contribution in [0.15, 0.2) is 24.3 Å². The highest BCUT2D eigenvalue weighted by Crippen LogP contribution is 2.08. The molecule has 0 atom stereocenters. The molecule has 1 amide bonds. The SMILES string of the molecule is CCCOCCNc1ccc(C(N)=O)cc1. The second-order valence-electron chi connectivity index (χ2n) is 3.48. The number of rotatable bonds is 7. The molecular formula is C12H18N2O2. The van der Waals surface area contributed by atoms with E-state index in [-0.39, 0.29) is 0 Å². The first-order chi connectivity index (χ1) is 7.74. The van der Waals surface area contributed by atoms with Crippen LogP contribution in [-0.4, -0.2) is 25.7 Å². The first kappa shape index (κ1) is 12.5. The van der Waals surface area contributed by atoms with Crippen LogP contribution in [0.2, 0.25) is 0 Å². The Hall–Kier alpha value is -1.55. The predicted molar refractivity (Wildman–Crippen MR) is 64.6 cm³/mol. The van der Waals surface area contributed by atoms with Crippen LogP contribution in [0, 0.1) is 0 Å². The topological polar surface area (TPSA) is 64.3 Å². The minimum absolute atomic E-state index is 0.405. The number of carbonyl (C=O) groups excluding carboxylic acids is 1. The van der Waals surface area contributed by atoms with E-state index in [4.69, 9.17) is 10.5 Å². The molecule has 1 aromatic carbocycles. The smallest absolute Gasteiger partial charge is 0.248 e. The number of anilines is 1. The van der Waals surface area contributed by atoms with Crippen LogP contribution in [-0.2, 0) is 4.74 Å². The molecule has 0 aliphatic heterocycles. The van der Waals surface area contributed by atoms with Gasteiger partial charge >= 0.3 is 0 Å². The van der Waals surface area contributed by atoms with Crippen molar-refractivity contribution in [1.29, 1.82) is 0 Å². The maximum absolute atomic E-state index is 10.8. The van der Waals surface area contributed by atoms with E-state index in [9.17, 15) is 4.79 Å². The van der Waals surface area contributed by atoms with Gasteiger partial charge in [0.1, 0.15) is 0 Å². The summed E-state index contributed by atoms with van der Waals surface area (Å²) >= 11 is 0. The van der Waals surface area contributed by atoms with E-state index in [1.807, 2.05) is 12.1 Å². The monoisotopic (exact) mass is 222 g/mol. The molecule has 0 aliphatic rings. The second-order valence-corrected chi connectivity index (χ2v) is 3.48. The second kappa shape index (κ2) is 6.85. The van der Waals surface area contributed by atoms with Crippen LogP contribution < -0.4 is 11.1 Å². The van der Waals surface area contributed by atoms with Crippen LogP contribution in [0.3, 0.4) is 0 Å². The van der Waals surface area contributed by atoms with E-state index < -0.39 is 5.91 Å². The Kier molecular flexibility index (Phi) is 5.36. The summed E-state index contributed by atoms with van der Waals surface area (Å²) in [5, 5.41) is 3.19. The molecule has 0 aliphatic carbocycles. The van der Waals surface area contributed by atoms with Gasteiger partial charge in [-0.05, 0) is 30.7 Å². The molecule has 0 heterocycles. The van der Waals surface area contributed by atoms with Gasteiger partial charge in [-0.3, -0.25) is 4.79 Å². The molecular weight excluding hydrogens is 204 g/mol. The van der Waals surface area contributed by atoms with Gasteiger partial charge in [0, 0.05) is 24.4 Å². The van der Waals surface area contributed by atoms with E-state index in [1.54, 1.807) is 12.1 Å². The molecule has 88 valence electrons. The number of hydrogen-bond donors (Lipinski definition) is 2. The molecule has 0 saturated carbocycles. The summed E-state index contributed by atoms with van der Waals surface area (Å²) in [5.74, 6) is -0.405. The first-order valence-corrected chi connectivity index (χ1v) is 5.45.